The summed E-state index contributed by atoms with van der Waals surface area (Å²) in [6.07, 6.45) is 1.09. The van der Waals surface area contributed by atoms with Gasteiger partial charge in [0.1, 0.15) is 16.5 Å². The zero-order valence-electron chi connectivity index (χ0n) is 12.1. The quantitative estimate of drug-likeness (QED) is 0.879. The van der Waals surface area contributed by atoms with Gasteiger partial charge in [0.15, 0.2) is 0 Å². The van der Waals surface area contributed by atoms with Gasteiger partial charge in [-0.15, -0.1) is 11.3 Å². The lowest BCUT2D eigenvalue weighted by molar-refractivity contribution is 0.259. The molecule has 0 unspecified atom stereocenters. The van der Waals surface area contributed by atoms with Gasteiger partial charge in [-0.3, -0.25) is 4.90 Å². The number of rotatable bonds is 6. The highest BCUT2D eigenvalue weighted by Crippen LogP contribution is 2.25. The van der Waals surface area contributed by atoms with Crippen LogP contribution in [-0.4, -0.2) is 34.5 Å². The van der Waals surface area contributed by atoms with Crippen molar-refractivity contribution in [3.8, 4) is 0 Å². The Labute approximate surface area is 118 Å². The number of aromatic nitrogens is 2. The average molecular weight is 278 g/mol. The van der Waals surface area contributed by atoms with Crippen molar-refractivity contribution in [3.63, 3.8) is 0 Å². The lowest BCUT2D eigenvalue weighted by Gasteiger charge is -2.20. The smallest absolute Gasteiger partial charge is 0.146 e. The topological polar surface area (TPSA) is 41.1 Å². The van der Waals surface area contributed by atoms with Crippen molar-refractivity contribution >= 4 is 27.4 Å². The second-order valence-electron chi connectivity index (χ2n) is 5.06. The molecule has 4 nitrogen and oxygen atoms in total. The van der Waals surface area contributed by atoms with E-state index in [0.29, 0.717) is 6.04 Å². The monoisotopic (exact) mass is 278 g/mol. The van der Waals surface area contributed by atoms with Crippen LogP contribution in [0, 0.1) is 0 Å². The summed E-state index contributed by atoms with van der Waals surface area (Å²) in [5.74, 6) is 1.87. The Bertz CT molecular complexity index is 535. The fourth-order valence-corrected chi connectivity index (χ4v) is 2.54. The molecule has 2 heterocycles. The minimum atomic E-state index is 0.495. The molecule has 0 aliphatic rings. The number of hydrogen-bond donors (Lipinski definition) is 1. The van der Waals surface area contributed by atoms with Gasteiger partial charge in [0, 0.05) is 12.6 Å². The Morgan fingerprint density at radius 1 is 1.37 bits per heavy atom. The minimum Gasteiger partial charge on any atom is -0.369 e. The fourth-order valence-electron chi connectivity index (χ4n) is 1.75. The third-order valence-electron chi connectivity index (χ3n) is 3.19. The summed E-state index contributed by atoms with van der Waals surface area (Å²) in [7, 11) is 2.10. The lowest BCUT2D eigenvalue weighted by atomic mass is 10.3. The fraction of sp³-hybridized carbons (Fsp3) is 0.571. The molecular formula is C14H22N4S. The third-order valence-corrected chi connectivity index (χ3v) is 3.99. The van der Waals surface area contributed by atoms with Crippen molar-refractivity contribution in [1.29, 1.82) is 0 Å². The summed E-state index contributed by atoms with van der Waals surface area (Å²) in [5.41, 5.74) is 0. The van der Waals surface area contributed by atoms with Crippen LogP contribution < -0.4 is 5.32 Å². The molecule has 0 saturated carbocycles. The van der Waals surface area contributed by atoms with E-state index in [9.17, 15) is 0 Å². The number of thiophene rings is 1. The molecule has 0 fully saturated rings. The maximum Gasteiger partial charge on any atom is 0.146 e. The molecular weight excluding hydrogens is 256 g/mol. The summed E-state index contributed by atoms with van der Waals surface area (Å²) < 4.78 is 0. The predicted molar refractivity (Wildman–Crippen MR) is 82.8 cm³/mol. The third kappa shape index (κ3) is 3.42. The number of nitrogens with zero attached hydrogens (tertiary/aromatic N) is 3. The molecule has 0 aliphatic carbocycles. The van der Waals surface area contributed by atoms with Crippen LogP contribution in [0.3, 0.4) is 0 Å². The van der Waals surface area contributed by atoms with Crippen molar-refractivity contribution in [2.45, 2.75) is 39.8 Å². The highest BCUT2D eigenvalue weighted by molar-refractivity contribution is 7.16. The Kier molecular flexibility index (Phi) is 4.71. The van der Waals surface area contributed by atoms with Crippen molar-refractivity contribution < 1.29 is 0 Å². The zero-order valence-corrected chi connectivity index (χ0v) is 12.9. The van der Waals surface area contributed by atoms with E-state index in [2.05, 4.69) is 59.4 Å². The molecule has 2 rings (SSSR count). The first-order chi connectivity index (χ1) is 9.11. The second-order valence-corrected chi connectivity index (χ2v) is 5.96. The molecule has 104 valence electrons. The van der Waals surface area contributed by atoms with E-state index in [1.54, 1.807) is 11.3 Å². The van der Waals surface area contributed by atoms with Crippen molar-refractivity contribution in [1.82, 2.24) is 14.9 Å². The molecule has 0 saturated heterocycles. The Morgan fingerprint density at radius 2 is 2.16 bits per heavy atom. The average Bonchev–Trinajstić information content (AvgIpc) is 2.83. The molecule has 0 atom stereocenters. The maximum atomic E-state index is 4.68. The van der Waals surface area contributed by atoms with Crippen molar-refractivity contribution in [3.05, 3.63) is 17.3 Å². The molecule has 0 aliphatic heterocycles. The first kappa shape index (κ1) is 14.2. The number of hydrogen-bond acceptors (Lipinski definition) is 5. The van der Waals surface area contributed by atoms with E-state index in [-0.39, 0.29) is 0 Å². The molecule has 2 aromatic heterocycles. The Morgan fingerprint density at radius 3 is 2.84 bits per heavy atom. The van der Waals surface area contributed by atoms with Gasteiger partial charge in [-0.25, -0.2) is 9.97 Å². The first-order valence-corrected chi connectivity index (χ1v) is 7.68. The van der Waals surface area contributed by atoms with Gasteiger partial charge in [0.05, 0.1) is 11.9 Å². The molecule has 19 heavy (non-hydrogen) atoms. The summed E-state index contributed by atoms with van der Waals surface area (Å²) in [6, 6.07) is 2.59. The van der Waals surface area contributed by atoms with Crippen LogP contribution in [0.2, 0.25) is 0 Å². The summed E-state index contributed by atoms with van der Waals surface area (Å²) >= 11 is 1.67. The van der Waals surface area contributed by atoms with Gasteiger partial charge < -0.3 is 5.32 Å². The van der Waals surface area contributed by atoms with Crippen LogP contribution in [0.25, 0.3) is 10.2 Å². The van der Waals surface area contributed by atoms with Gasteiger partial charge in [0.2, 0.25) is 0 Å². The molecule has 2 aromatic rings. The van der Waals surface area contributed by atoms with Crippen LogP contribution in [0.1, 0.15) is 33.0 Å². The number of fused-ring (bicyclic) bond motifs is 1. The molecule has 0 spiro atoms. The van der Waals surface area contributed by atoms with Gasteiger partial charge >= 0.3 is 0 Å². The summed E-state index contributed by atoms with van der Waals surface area (Å²) in [4.78, 5) is 12.6. The largest absolute Gasteiger partial charge is 0.369 e. The zero-order chi connectivity index (χ0) is 13.8. The van der Waals surface area contributed by atoms with Crippen LogP contribution >= 0.6 is 11.3 Å². The second kappa shape index (κ2) is 6.30. The predicted octanol–water partition coefficient (Wildman–Crippen LogP) is 3.35. The van der Waals surface area contributed by atoms with Crippen LogP contribution in [0.5, 0.6) is 0 Å². The van der Waals surface area contributed by atoms with E-state index >= 15 is 0 Å². The van der Waals surface area contributed by atoms with E-state index in [4.69, 9.17) is 0 Å². The molecule has 0 amide bonds. The summed E-state index contributed by atoms with van der Waals surface area (Å²) in [5, 5.41) is 6.61. The van der Waals surface area contributed by atoms with E-state index in [0.717, 1.165) is 41.4 Å². The number of nitrogens with one attached hydrogen (secondary N) is 1. The molecule has 5 heteroatoms. The van der Waals surface area contributed by atoms with E-state index < -0.39 is 0 Å². The van der Waals surface area contributed by atoms with Crippen molar-refractivity contribution in [2.24, 2.45) is 0 Å². The van der Waals surface area contributed by atoms with Crippen LogP contribution in [0.15, 0.2) is 11.4 Å². The van der Waals surface area contributed by atoms with Gasteiger partial charge in [-0.05, 0) is 38.8 Å². The maximum absolute atomic E-state index is 4.68. The molecule has 0 aromatic carbocycles. The normalized spacial score (nSPS) is 11.7. The molecule has 1 N–H and O–H groups in total. The summed E-state index contributed by atoms with van der Waals surface area (Å²) in [6.45, 7) is 8.25. The lowest BCUT2D eigenvalue weighted by Crippen LogP contribution is -2.26. The minimum absolute atomic E-state index is 0.495. The highest BCUT2D eigenvalue weighted by atomic mass is 32.1. The number of anilines is 1. The van der Waals surface area contributed by atoms with E-state index in [1.165, 1.54) is 0 Å². The van der Waals surface area contributed by atoms with Gasteiger partial charge in [-0.1, -0.05) is 6.92 Å². The van der Waals surface area contributed by atoms with Crippen molar-refractivity contribution in [2.75, 3.05) is 18.9 Å². The standard InChI is InChI=1S/C14H22N4S/c1-5-7-15-13-11-6-8-19-14(11)17-12(16-13)9-18(4)10(2)3/h6,8,10H,5,7,9H2,1-4H3,(H,15,16,17). The van der Waals surface area contributed by atoms with E-state index in [1.807, 2.05) is 0 Å². The molecule has 0 bridgehead atoms. The molecule has 0 radical (unpaired) electrons. The van der Waals surface area contributed by atoms with Crippen LogP contribution in [0.4, 0.5) is 5.82 Å². The SMILES string of the molecule is CCCNc1nc(CN(C)C(C)C)nc2sccc12. The first-order valence-electron chi connectivity index (χ1n) is 6.80. The van der Waals surface area contributed by atoms with Gasteiger partial charge in [0.25, 0.3) is 0 Å². The van der Waals surface area contributed by atoms with Crippen LogP contribution in [-0.2, 0) is 6.54 Å². The Hall–Kier alpha value is -1.20. The Balaban J connectivity index is 2.29. The van der Waals surface area contributed by atoms with Gasteiger partial charge in [-0.2, -0.15) is 0 Å². The highest BCUT2D eigenvalue weighted by Gasteiger charge is 2.11.